The molecule has 2 N–H and O–H groups in total. The maximum atomic E-state index is 13.1. The predicted molar refractivity (Wildman–Crippen MR) is 122 cm³/mol. The maximum Gasteiger partial charge on any atom is 0.254 e. The summed E-state index contributed by atoms with van der Waals surface area (Å²) in [5.41, 5.74) is 2.89. The summed E-state index contributed by atoms with van der Waals surface area (Å²) in [6.07, 6.45) is 2.07. The molecule has 2 aliphatic rings. The lowest BCUT2D eigenvalue weighted by atomic mass is 9.91. The Morgan fingerprint density at radius 1 is 1.19 bits per heavy atom. The second-order valence-corrected chi connectivity index (χ2v) is 10.8. The Kier molecular flexibility index (Phi) is 6.40. The van der Waals surface area contributed by atoms with Gasteiger partial charge in [0.05, 0.1) is 18.9 Å². The van der Waals surface area contributed by atoms with Gasteiger partial charge in [0.25, 0.3) is 5.91 Å². The molecule has 2 aromatic carbocycles. The van der Waals surface area contributed by atoms with E-state index in [9.17, 15) is 18.3 Å². The highest BCUT2D eigenvalue weighted by Gasteiger charge is 2.61. The van der Waals surface area contributed by atoms with Gasteiger partial charge in [0.2, 0.25) is 10.0 Å². The molecule has 1 saturated heterocycles. The van der Waals surface area contributed by atoms with Gasteiger partial charge in [-0.15, -0.1) is 0 Å². The van der Waals surface area contributed by atoms with Gasteiger partial charge in [-0.05, 0) is 36.0 Å². The van der Waals surface area contributed by atoms with Gasteiger partial charge in [0, 0.05) is 25.1 Å². The quantitative estimate of drug-likeness (QED) is 0.629. The van der Waals surface area contributed by atoms with E-state index in [1.54, 1.807) is 4.90 Å². The standard InChI is InChI=1S/C24H30N2O5S/c1-31-15-21(27)23(28)26-16-24(11-12-24)22(25-32(2,29)30)20(26)14-17-7-6-10-19(13-17)18-8-4-3-5-9-18/h3-10,13,20-22,25,27H,11-12,14-16H2,1-2H3/t20-,21?,22+/m0/s1. The Morgan fingerprint density at radius 3 is 2.50 bits per heavy atom. The molecule has 7 nitrogen and oxygen atoms in total. The Labute approximate surface area is 189 Å². The smallest absolute Gasteiger partial charge is 0.254 e. The van der Waals surface area contributed by atoms with Crippen molar-refractivity contribution < 1.29 is 23.1 Å². The number of hydrogen-bond donors (Lipinski definition) is 2. The monoisotopic (exact) mass is 458 g/mol. The third-order valence-electron chi connectivity index (χ3n) is 6.53. The van der Waals surface area contributed by atoms with Crippen molar-refractivity contribution in [3.8, 4) is 11.1 Å². The summed E-state index contributed by atoms with van der Waals surface area (Å²) in [6, 6.07) is 17.3. The first kappa shape index (κ1) is 22.9. The van der Waals surface area contributed by atoms with Gasteiger partial charge in [-0.3, -0.25) is 4.79 Å². The van der Waals surface area contributed by atoms with Crippen molar-refractivity contribution in [2.24, 2.45) is 5.41 Å². The van der Waals surface area contributed by atoms with Gasteiger partial charge in [-0.25, -0.2) is 13.1 Å². The molecule has 1 saturated carbocycles. The van der Waals surface area contributed by atoms with E-state index >= 15 is 0 Å². The molecular weight excluding hydrogens is 428 g/mol. The minimum atomic E-state index is -3.47. The molecule has 3 atom stereocenters. The minimum absolute atomic E-state index is 0.0945. The van der Waals surface area contributed by atoms with E-state index in [0.29, 0.717) is 13.0 Å². The van der Waals surface area contributed by atoms with E-state index in [-0.39, 0.29) is 12.0 Å². The molecule has 1 unspecified atom stereocenters. The lowest BCUT2D eigenvalue weighted by molar-refractivity contribution is -0.143. The third-order valence-corrected chi connectivity index (χ3v) is 7.22. The molecule has 0 radical (unpaired) electrons. The third kappa shape index (κ3) is 4.88. The molecule has 0 aromatic heterocycles. The first-order valence-electron chi connectivity index (χ1n) is 10.8. The lowest BCUT2D eigenvalue weighted by Gasteiger charge is -2.30. The Morgan fingerprint density at radius 2 is 1.88 bits per heavy atom. The van der Waals surface area contributed by atoms with Gasteiger partial charge in [0.15, 0.2) is 6.10 Å². The van der Waals surface area contributed by atoms with Crippen LogP contribution in [0.4, 0.5) is 0 Å². The van der Waals surface area contributed by atoms with E-state index in [4.69, 9.17) is 4.74 Å². The van der Waals surface area contributed by atoms with Gasteiger partial charge in [-0.2, -0.15) is 0 Å². The van der Waals surface area contributed by atoms with E-state index in [1.807, 2.05) is 48.5 Å². The summed E-state index contributed by atoms with van der Waals surface area (Å²) in [7, 11) is -2.04. The number of carbonyl (C=O) groups is 1. The van der Waals surface area contributed by atoms with Gasteiger partial charge in [-0.1, -0.05) is 54.6 Å². The molecule has 1 aliphatic heterocycles. The SMILES string of the molecule is COCC(O)C(=O)N1CC2(CC2)[C@H](NS(C)(=O)=O)[C@@H]1Cc1cccc(-c2ccccc2)c1. The van der Waals surface area contributed by atoms with Crippen LogP contribution in [0.15, 0.2) is 54.6 Å². The number of aliphatic hydroxyl groups is 1. The molecule has 1 aliphatic carbocycles. The number of likely N-dealkylation sites (tertiary alicyclic amines) is 1. The average molecular weight is 459 g/mol. The molecule has 2 fully saturated rings. The van der Waals surface area contributed by atoms with E-state index in [1.165, 1.54) is 7.11 Å². The second kappa shape index (κ2) is 8.94. The summed E-state index contributed by atoms with van der Waals surface area (Å²) >= 11 is 0. The van der Waals surface area contributed by atoms with Crippen LogP contribution >= 0.6 is 0 Å². The topological polar surface area (TPSA) is 95.9 Å². The van der Waals surface area contributed by atoms with Crippen molar-refractivity contribution in [1.82, 2.24) is 9.62 Å². The molecular formula is C24H30N2O5S. The van der Waals surface area contributed by atoms with Crippen molar-refractivity contribution >= 4 is 15.9 Å². The van der Waals surface area contributed by atoms with Crippen LogP contribution in [0.5, 0.6) is 0 Å². The Hall–Kier alpha value is -2.26. The molecule has 2 aromatic rings. The van der Waals surface area contributed by atoms with Crippen LogP contribution in [0, 0.1) is 5.41 Å². The number of hydrogen-bond acceptors (Lipinski definition) is 5. The normalized spacial score (nSPS) is 22.8. The van der Waals surface area contributed by atoms with Gasteiger partial charge in [0.1, 0.15) is 0 Å². The number of nitrogens with one attached hydrogen (secondary N) is 1. The highest BCUT2D eigenvalue weighted by atomic mass is 32.2. The fraction of sp³-hybridized carbons (Fsp3) is 0.458. The van der Waals surface area contributed by atoms with Crippen LogP contribution in [-0.2, 0) is 26.0 Å². The van der Waals surface area contributed by atoms with Crippen molar-refractivity contribution in [2.75, 3.05) is 26.5 Å². The fourth-order valence-corrected chi connectivity index (χ4v) is 5.72. The molecule has 8 heteroatoms. The number of rotatable bonds is 8. The number of sulfonamides is 1. The molecule has 1 heterocycles. The van der Waals surface area contributed by atoms with Gasteiger partial charge >= 0.3 is 0 Å². The van der Waals surface area contributed by atoms with E-state index in [0.717, 1.165) is 35.8 Å². The van der Waals surface area contributed by atoms with Gasteiger partial charge < -0.3 is 14.7 Å². The molecule has 1 spiro atoms. The highest BCUT2D eigenvalue weighted by molar-refractivity contribution is 7.88. The van der Waals surface area contributed by atoms with Crippen molar-refractivity contribution in [3.63, 3.8) is 0 Å². The number of carbonyl (C=O) groups excluding carboxylic acids is 1. The zero-order valence-electron chi connectivity index (χ0n) is 18.4. The Bertz CT molecular complexity index is 1070. The van der Waals surface area contributed by atoms with E-state index in [2.05, 4.69) is 10.8 Å². The summed E-state index contributed by atoms with van der Waals surface area (Å²) in [5, 5.41) is 10.3. The zero-order chi connectivity index (χ0) is 22.9. The first-order valence-corrected chi connectivity index (χ1v) is 12.7. The van der Waals surface area contributed by atoms with Crippen molar-refractivity contribution in [2.45, 2.75) is 37.5 Å². The van der Waals surface area contributed by atoms with E-state index < -0.39 is 34.1 Å². The molecule has 4 rings (SSSR count). The van der Waals surface area contributed by atoms with Crippen LogP contribution in [0.25, 0.3) is 11.1 Å². The lowest BCUT2D eigenvalue weighted by Crippen LogP contribution is -2.51. The number of aliphatic hydroxyl groups excluding tert-OH is 1. The number of ether oxygens (including phenoxy) is 1. The van der Waals surface area contributed by atoms with Crippen LogP contribution in [0.2, 0.25) is 0 Å². The van der Waals surface area contributed by atoms with Crippen LogP contribution < -0.4 is 4.72 Å². The molecule has 1 amide bonds. The number of nitrogens with zero attached hydrogens (tertiary/aromatic N) is 1. The largest absolute Gasteiger partial charge is 0.381 e. The highest BCUT2D eigenvalue weighted by Crippen LogP contribution is 2.55. The minimum Gasteiger partial charge on any atom is -0.381 e. The Balaban J connectivity index is 1.66. The molecule has 0 bridgehead atoms. The molecule has 32 heavy (non-hydrogen) atoms. The predicted octanol–water partition coefficient (Wildman–Crippen LogP) is 1.81. The van der Waals surface area contributed by atoms with Crippen LogP contribution in [0.3, 0.4) is 0 Å². The second-order valence-electron chi connectivity index (χ2n) is 9.01. The maximum absolute atomic E-state index is 13.1. The summed E-state index contributed by atoms with van der Waals surface area (Å²) < 4.78 is 32.1. The van der Waals surface area contributed by atoms with Crippen LogP contribution in [-0.4, -0.2) is 69.0 Å². The summed E-state index contributed by atoms with van der Waals surface area (Å²) in [5.74, 6) is -0.417. The number of amides is 1. The summed E-state index contributed by atoms with van der Waals surface area (Å²) in [6.45, 7) is 0.339. The van der Waals surface area contributed by atoms with Crippen LogP contribution in [0.1, 0.15) is 18.4 Å². The number of methoxy groups -OCH3 is 1. The van der Waals surface area contributed by atoms with Crippen molar-refractivity contribution in [1.29, 1.82) is 0 Å². The molecule has 172 valence electrons. The summed E-state index contributed by atoms with van der Waals surface area (Å²) in [4.78, 5) is 14.7. The first-order chi connectivity index (χ1) is 15.2. The number of benzene rings is 2. The van der Waals surface area contributed by atoms with Crippen molar-refractivity contribution in [3.05, 3.63) is 60.2 Å². The average Bonchev–Trinajstić information content (AvgIpc) is 3.49. The zero-order valence-corrected chi connectivity index (χ0v) is 19.2. The fourth-order valence-electron chi connectivity index (χ4n) is 4.85.